The zero-order valence-electron chi connectivity index (χ0n) is 12.9. The first-order valence-electron chi connectivity index (χ1n) is 7.37. The third-order valence-electron chi connectivity index (χ3n) is 4.21. The van der Waals surface area contributed by atoms with E-state index in [0.29, 0.717) is 23.2 Å². The van der Waals surface area contributed by atoms with E-state index in [1.54, 1.807) is 16.4 Å². The highest BCUT2D eigenvalue weighted by Crippen LogP contribution is 2.30. The predicted octanol–water partition coefficient (Wildman–Crippen LogP) is 2.22. The number of nitrogens with two attached hydrogens (primary N) is 1. The minimum Gasteiger partial charge on any atom is -0.326 e. The van der Waals surface area contributed by atoms with Crippen molar-refractivity contribution in [3.63, 3.8) is 0 Å². The van der Waals surface area contributed by atoms with Gasteiger partial charge in [0.1, 0.15) is 0 Å². The molecule has 0 saturated carbocycles. The van der Waals surface area contributed by atoms with Crippen molar-refractivity contribution in [1.82, 2.24) is 4.31 Å². The molecule has 1 heterocycles. The molecule has 1 aromatic carbocycles. The van der Waals surface area contributed by atoms with Crippen molar-refractivity contribution in [3.8, 4) is 0 Å². The number of hydrogen-bond acceptors (Lipinski definition) is 4. The molecule has 0 spiro atoms. The molecular formula is C15H24N2O2S2. The van der Waals surface area contributed by atoms with Crippen LogP contribution in [0.15, 0.2) is 23.1 Å². The summed E-state index contributed by atoms with van der Waals surface area (Å²) in [7, 11) is -3.44. The second kappa shape index (κ2) is 6.69. The van der Waals surface area contributed by atoms with Gasteiger partial charge in [0, 0.05) is 30.1 Å². The summed E-state index contributed by atoms with van der Waals surface area (Å²) in [4.78, 5) is 0.367. The highest BCUT2D eigenvalue weighted by Gasteiger charge is 2.35. The van der Waals surface area contributed by atoms with Crippen molar-refractivity contribution in [2.45, 2.75) is 49.9 Å². The Bertz CT molecular complexity index is 602. The first-order chi connectivity index (χ1) is 9.91. The first kappa shape index (κ1) is 16.8. The molecule has 0 aliphatic carbocycles. The van der Waals surface area contributed by atoms with Gasteiger partial charge in [-0.3, -0.25) is 0 Å². The molecule has 1 saturated heterocycles. The zero-order valence-corrected chi connectivity index (χ0v) is 14.5. The minimum atomic E-state index is -3.44. The van der Waals surface area contributed by atoms with E-state index in [0.717, 1.165) is 23.3 Å². The average molecular weight is 329 g/mol. The van der Waals surface area contributed by atoms with E-state index < -0.39 is 10.0 Å². The Hall–Kier alpha value is -0.560. The van der Waals surface area contributed by atoms with Crippen molar-refractivity contribution in [2.24, 2.45) is 5.73 Å². The fourth-order valence-electron chi connectivity index (χ4n) is 2.68. The van der Waals surface area contributed by atoms with Crippen LogP contribution in [0, 0.1) is 0 Å². The smallest absolute Gasteiger partial charge is 0.243 e. The Morgan fingerprint density at radius 1 is 1.33 bits per heavy atom. The van der Waals surface area contributed by atoms with Crippen molar-refractivity contribution in [3.05, 3.63) is 29.3 Å². The molecule has 1 aromatic rings. The summed E-state index contributed by atoms with van der Waals surface area (Å²) in [6.45, 7) is 7.07. The second-order valence-electron chi connectivity index (χ2n) is 5.42. The number of hydrogen-bond donors (Lipinski definition) is 1. The van der Waals surface area contributed by atoms with Crippen LogP contribution < -0.4 is 5.73 Å². The number of aryl methyl sites for hydroxylation is 1. The van der Waals surface area contributed by atoms with Crippen LogP contribution >= 0.6 is 11.8 Å². The molecular weight excluding hydrogens is 304 g/mol. The predicted molar refractivity (Wildman–Crippen MR) is 89.0 cm³/mol. The summed E-state index contributed by atoms with van der Waals surface area (Å²) in [5.41, 5.74) is 7.79. The monoisotopic (exact) mass is 328 g/mol. The van der Waals surface area contributed by atoms with Gasteiger partial charge in [0.15, 0.2) is 0 Å². The molecule has 0 aromatic heterocycles. The maximum atomic E-state index is 12.9. The van der Waals surface area contributed by atoms with Crippen LogP contribution in [0.2, 0.25) is 0 Å². The molecule has 2 N–H and O–H groups in total. The zero-order chi connectivity index (χ0) is 15.6. The van der Waals surface area contributed by atoms with Gasteiger partial charge < -0.3 is 5.73 Å². The van der Waals surface area contributed by atoms with Crippen LogP contribution in [0.1, 0.15) is 31.9 Å². The molecule has 21 heavy (non-hydrogen) atoms. The maximum Gasteiger partial charge on any atom is 0.243 e. The second-order valence-corrected chi connectivity index (χ2v) is 8.80. The van der Waals surface area contributed by atoms with Gasteiger partial charge in [-0.05, 0) is 36.6 Å². The average Bonchev–Trinajstić information content (AvgIpc) is 2.49. The Morgan fingerprint density at radius 2 is 2.05 bits per heavy atom. The highest BCUT2D eigenvalue weighted by molar-refractivity contribution is 8.00. The topological polar surface area (TPSA) is 63.4 Å². The van der Waals surface area contributed by atoms with Crippen molar-refractivity contribution in [2.75, 3.05) is 12.3 Å². The molecule has 1 aliphatic rings. The molecule has 6 heteroatoms. The Morgan fingerprint density at radius 3 is 2.67 bits per heavy atom. The Balaban J connectivity index is 2.39. The van der Waals surface area contributed by atoms with Gasteiger partial charge in [-0.15, -0.1) is 0 Å². The summed E-state index contributed by atoms with van der Waals surface area (Å²) in [6.07, 6.45) is 0.862. The quantitative estimate of drug-likeness (QED) is 0.920. The van der Waals surface area contributed by atoms with Gasteiger partial charge in [-0.25, -0.2) is 8.42 Å². The Labute approximate surface area is 132 Å². The first-order valence-corrected chi connectivity index (χ1v) is 9.86. The number of benzene rings is 1. The normalized spacial score (nSPS) is 24.2. The van der Waals surface area contributed by atoms with Gasteiger partial charge in [0.05, 0.1) is 4.90 Å². The van der Waals surface area contributed by atoms with Crippen molar-refractivity contribution < 1.29 is 8.42 Å². The SMILES string of the molecule is CCc1ccc(S(=O)(=O)N2CCSC(C)C2C)cc1CN. The largest absolute Gasteiger partial charge is 0.326 e. The third kappa shape index (κ3) is 3.28. The van der Waals surface area contributed by atoms with Gasteiger partial charge in [-0.2, -0.15) is 16.1 Å². The van der Waals surface area contributed by atoms with Crippen molar-refractivity contribution >= 4 is 21.8 Å². The highest BCUT2D eigenvalue weighted by atomic mass is 32.2. The number of thioether (sulfide) groups is 1. The van der Waals surface area contributed by atoms with E-state index in [1.807, 2.05) is 31.7 Å². The molecule has 2 rings (SSSR count). The number of nitrogens with zero attached hydrogens (tertiary/aromatic N) is 1. The van der Waals surface area contributed by atoms with Gasteiger partial charge in [-0.1, -0.05) is 19.9 Å². The van der Waals surface area contributed by atoms with E-state index in [-0.39, 0.29) is 6.04 Å². The summed E-state index contributed by atoms with van der Waals surface area (Å²) in [6, 6.07) is 5.36. The third-order valence-corrected chi connectivity index (χ3v) is 7.53. The lowest BCUT2D eigenvalue weighted by Gasteiger charge is -2.36. The number of rotatable bonds is 4. The fourth-order valence-corrected chi connectivity index (χ4v) is 5.72. The van der Waals surface area contributed by atoms with Gasteiger partial charge in [0.2, 0.25) is 10.0 Å². The fraction of sp³-hybridized carbons (Fsp3) is 0.600. The van der Waals surface area contributed by atoms with Gasteiger partial charge in [0.25, 0.3) is 0 Å². The lowest BCUT2D eigenvalue weighted by Crippen LogP contribution is -2.47. The molecule has 0 radical (unpaired) electrons. The molecule has 118 valence electrons. The molecule has 0 amide bonds. The van der Waals surface area contributed by atoms with E-state index in [1.165, 1.54) is 0 Å². The molecule has 2 atom stereocenters. The van der Waals surface area contributed by atoms with Crippen LogP contribution in [0.5, 0.6) is 0 Å². The minimum absolute atomic E-state index is 0.0147. The van der Waals surface area contributed by atoms with Crippen LogP contribution in [0.3, 0.4) is 0 Å². The van der Waals surface area contributed by atoms with E-state index in [2.05, 4.69) is 6.92 Å². The van der Waals surface area contributed by atoms with Crippen LogP contribution in [0.25, 0.3) is 0 Å². The molecule has 2 unspecified atom stereocenters. The van der Waals surface area contributed by atoms with Crippen LogP contribution in [-0.4, -0.2) is 36.3 Å². The maximum absolute atomic E-state index is 12.9. The summed E-state index contributed by atoms with van der Waals surface area (Å²) in [5.74, 6) is 0.849. The van der Waals surface area contributed by atoms with E-state index in [4.69, 9.17) is 5.73 Å². The van der Waals surface area contributed by atoms with E-state index in [9.17, 15) is 8.42 Å². The van der Waals surface area contributed by atoms with Gasteiger partial charge >= 0.3 is 0 Å². The summed E-state index contributed by atoms with van der Waals surface area (Å²) in [5, 5.41) is 0.317. The molecule has 0 bridgehead atoms. The molecule has 1 aliphatic heterocycles. The van der Waals surface area contributed by atoms with Crippen molar-refractivity contribution in [1.29, 1.82) is 0 Å². The Kier molecular flexibility index (Phi) is 5.35. The molecule has 4 nitrogen and oxygen atoms in total. The van der Waals surface area contributed by atoms with Crippen LogP contribution in [0.4, 0.5) is 0 Å². The molecule has 1 fully saturated rings. The standard InChI is InChI=1S/C15H24N2O2S2/c1-4-13-5-6-15(9-14(13)10-16)21(18,19)17-7-8-20-12(3)11(17)2/h5-6,9,11-12H,4,7-8,10,16H2,1-3H3. The lowest BCUT2D eigenvalue weighted by molar-refractivity contribution is 0.340. The summed E-state index contributed by atoms with van der Waals surface area (Å²) < 4.78 is 27.4. The van der Waals surface area contributed by atoms with Crippen LogP contribution in [-0.2, 0) is 23.0 Å². The lowest BCUT2D eigenvalue weighted by atomic mass is 10.1. The van der Waals surface area contributed by atoms with E-state index >= 15 is 0 Å². The number of sulfonamides is 1. The summed E-state index contributed by atoms with van der Waals surface area (Å²) >= 11 is 1.83.